The standard InChI is InChI=1S/C35H34N2O4S/c1-4-37-32-17-14-26(34(39)25-10-6-5-7-11-25)21-29(32)30-22-27(15-18-33(30)37)35(40)31(36-41-24(3)38)19-20-42-28-12-8-9-23(2)13-16-28/h6,9-18,21-22H,4-5,7-8,19-20H2,1-3H3/b36-31+. The number of hydrogen-bond donors (Lipinski definition) is 0. The van der Waals surface area contributed by atoms with Gasteiger partial charge in [0.15, 0.2) is 5.78 Å². The van der Waals surface area contributed by atoms with E-state index in [1.54, 1.807) is 17.8 Å². The predicted octanol–water partition coefficient (Wildman–Crippen LogP) is 8.29. The second kappa shape index (κ2) is 13.2. The number of carbonyl (C=O) groups is 3. The third-order valence-corrected chi connectivity index (χ3v) is 8.43. The van der Waals surface area contributed by atoms with Gasteiger partial charge in [0.2, 0.25) is 5.78 Å². The van der Waals surface area contributed by atoms with Crippen molar-refractivity contribution in [2.45, 2.75) is 53.0 Å². The van der Waals surface area contributed by atoms with Crippen molar-refractivity contribution in [1.82, 2.24) is 4.57 Å². The molecule has 2 aromatic carbocycles. The maximum Gasteiger partial charge on any atom is 0.331 e. The zero-order valence-corrected chi connectivity index (χ0v) is 25.0. The first kappa shape index (κ1) is 29.3. The van der Waals surface area contributed by atoms with Gasteiger partial charge in [-0.15, -0.1) is 11.8 Å². The Morgan fingerprint density at radius 3 is 2.36 bits per heavy atom. The molecule has 3 aromatic rings. The van der Waals surface area contributed by atoms with Crippen LogP contribution < -0.4 is 0 Å². The van der Waals surface area contributed by atoms with Gasteiger partial charge < -0.3 is 9.40 Å². The van der Waals surface area contributed by atoms with Crippen molar-refractivity contribution in [1.29, 1.82) is 0 Å². The van der Waals surface area contributed by atoms with Crippen LogP contribution >= 0.6 is 11.8 Å². The van der Waals surface area contributed by atoms with E-state index in [4.69, 9.17) is 4.84 Å². The van der Waals surface area contributed by atoms with Crippen LogP contribution in [0.2, 0.25) is 0 Å². The van der Waals surface area contributed by atoms with Gasteiger partial charge in [0, 0.05) is 69.1 Å². The lowest BCUT2D eigenvalue weighted by Crippen LogP contribution is -2.16. The smallest absolute Gasteiger partial charge is 0.331 e. The molecule has 0 N–H and O–H groups in total. The summed E-state index contributed by atoms with van der Waals surface area (Å²) in [4.78, 5) is 44.6. The Morgan fingerprint density at radius 1 is 0.929 bits per heavy atom. The van der Waals surface area contributed by atoms with Crippen molar-refractivity contribution in [3.05, 3.63) is 106 Å². The summed E-state index contributed by atoms with van der Waals surface area (Å²) in [5.74, 6) is -0.265. The number of allylic oxidation sites excluding steroid dienone is 9. The summed E-state index contributed by atoms with van der Waals surface area (Å²) in [5.41, 5.74) is 5.17. The fourth-order valence-corrected chi connectivity index (χ4v) is 6.15. The average Bonchev–Trinajstić information content (AvgIpc) is 3.17. The first-order valence-electron chi connectivity index (χ1n) is 14.3. The van der Waals surface area contributed by atoms with E-state index in [0.717, 1.165) is 52.5 Å². The van der Waals surface area contributed by atoms with E-state index in [1.165, 1.54) is 12.5 Å². The molecule has 2 aliphatic carbocycles. The second-order valence-corrected chi connectivity index (χ2v) is 11.5. The molecule has 214 valence electrons. The SMILES string of the molecule is CCn1c2ccc(C(=O)C3=CCCC=C3)cc2c2cc(C(=O)/C(CCSC3=CCC=C(C)C=C3)=N/OC(C)=O)ccc21. The minimum Gasteiger partial charge on any atom is -0.341 e. The topological polar surface area (TPSA) is 77.7 Å². The van der Waals surface area contributed by atoms with E-state index in [-0.39, 0.29) is 17.3 Å². The molecular weight excluding hydrogens is 544 g/mol. The zero-order chi connectivity index (χ0) is 29.6. The molecule has 5 rings (SSSR count). The Labute approximate surface area is 250 Å². The number of fused-ring (bicyclic) bond motifs is 3. The van der Waals surface area contributed by atoms with Crippen molar-refractivity contribution >= 4 is 56.8 Å². The van der Waals surface area contributed by atoms with Crippen LogP contribution in [0.5, 0.6) is 0 Å². The minimum absolute atomic E-state index is 0.00430. The molecule has 1 heterocycles. The van der Waals surface area contributed by atoms with Crippen molar-refractivity contribution in [3.63, 3.8) is 0 Å². The number of rotatable bonds is 10. The summed E-state index contributed by atoms with van der Waals surface area (Å²) in [6.45, 7) is 6.15. The molecule has 0 saturated heterocycles. The molecule has 42 heavy (non-hydrogen) atoms. The van der Waals surface area contributed by atoms with Crippen molar-refractivity contribution in [2.75, 3.05) is 5.75 Å². The summed E-state index contributed by atoms with van der Waals surface area (Å²) in [7, 11) is 0. The second-order valence-electron chi connectivity index (χ2n) is 10.3. The molecule has 0 unspecified atom stereocenters. The summed E-state index contributed by atoms with van der Waals surface area (Å²) >= 11 is 1.64. The van der Waals surface area contributed by atoms with Gasteiger partial charge in [-0.25, -0.2) is 4.79 Å². The maximum atomic E-state index is 13.7. The lowest BCUT2D eigenvalue weighted by Gasteiger charge is -2.07. The number of aromatic nitrogens is 1. The Bertz CT molecular complexity index is 1760. The summed E-state index contributed by atoms with van der Waals surface area (Å²) in [6.07, 6.45) is 17.4. The van der Waals surface area contributed by atoms with Gasteiger partial charge in [0.25, 0.3) is 0 Å². The zero-order valence-electron chi connectivity index (χ0n) is 24.2. The summed E-state index contributed by atoms with van der Waals surface area (Å²) < 4.78 is 2.18. The molecule has 1 aromatic heterocycles. The first-order chi connectivity index (χ1) is 20.4. The van der Waals surface area contributed by atoms with Gasteiger partial charge in [-0.2, -0.15) is 0 Å². The maximum absolute atomic E-state index is 13.7. The molecule has 0 saturated carbocycles. The van der Waals surface area contributed by atoms with Crippen molar-refractivity contribution in [2.24, 2.45) is 5.16 Å². The number of aryl methyl sites for hydroxylation is 1. The van der Waals surface area contributed by atoms with E-state index in [0.29, 0.717) is 28.9 Å². The van der Waals surface area contributed by atoms with Gasteiger partial charge in [-0.1, -0.05) is 47.2 Å². The third-order valence-electron chi connectivity index (χ3n) is 7.39. The van der Waals surface area contributed by atoms with E-state index < -0.39 is 5.97 Å². The average molecular weight is 579 g/mol. The van der Waals surface area contributed by atoms with Crippen LogP contribution in [0.1, 0.15) is 67.2 Å². The van der Waals surface area contributed by atoms with Gasteiger partial charge >= 0.3 is 5.97 Å². The van der Waals surface area contributed by atoms with Crippen LogP contribution in [0.3, 0.4) is 0 Å². The Hall–Kier alpha value is -4.23. The highest BCUT2D eigenvalue weighted by molar-refractivity contribution is 8.03. The number of ketones is 2. The minimum atomic E-state index is -0.578. The van der Waals surface area contributed by atoms with Crippen LogP contribution in [0, 0.1) is 0 Å². The number of Topliss-reactive ketones (excluding diaryl/α,β-unsaturated/α-hetero) is 2. The van der Waals surface area contributed by atoms with E-state index in [1.807, 2.05) is 48.6 Å². The summed E-state index contributed by atoms with van der Waals surface area (Å²) in [5, 5.41) is 5.76. The highest BCUT2D eigenvalue weighted by Crippen LogP contribution is 2.32. The number of nitrogens with zero attached hydrogens (tertiary/aromatic N) is 2. The van der Waals surface area contributed by atoms with Crippen LogP contribution in [0.25, 0.3) is 21.8 Å². The highest BCUT2D eigenvalue weighted by Gasteiger charge is 2.20. The molecule has 7 heteroatoms. The number of carbonyl (C=O) groups excluding carboxylic acids is 3. The molecule has 0 atom stereocenters. The fourth-order valence-electron chi connectivity index (χ4n) is 5.25. The highest BCUT2D eigenvalue weighted by atomic mass is 32.2. The Morgan fingerprint density at radius 2 is 1.67 bits per heavy atom. The molecule has 6 nitrogen and oxygen atoms in total. The number of thioether (sulfide) groups is 1. The van der Waals surface area contributed by atoms with E-state index in [2.05, 4.69) is 47.9 Å². The normalized spacial score (nSPS) is 15.3. The molecule has 0 radical (unpaired) electrons. The van der Waals surface area contributed by atoms with Crippen LogP contribution in [-0.4, -0.2) is 33.6 Å². The van der Waals surface area contributed by atoms with Gasteiger partial charge in [0.1, 0.15) is 5.71 Å². The van der Waals surface area contributed by atoms with Crippen LogP contribution in [-0.2, 0) is 16.2 Å². The lowest BCUT2D eigenvalue weighted by atomic mass is 9.96. The third kappa shape index (κ3) is 6.47. The van der Waals surface area contributed by atoms with Crippen LogP contribution in [0.15, 0.2) is 100 Å². The first-order valence-corrected chi connectivity index (χ1v) is 15.3. The Balaban J connectivity index is 1.46. The largest absolute Gasteiger partial charge is 0.341 e. The predicted molar refractivity (Wildman–Crippen MR) is 172 cm³/mol. The molecule has 2 aliphatic rings. The number of hydrogen-bond acceptors (Lipinski definition) is 6. The van der Waals surface area contributed by atoms with Gasteiger partial charge in [0.05, 0.1) is 0 Å². The summed E-state index contributed by atoms with van der Waals surface area (Å²) in [6, 6.07) is 11.4. The van der Waals surface area contributed by atoms with E-state index >= 15 is 0 Å². The van der Waals surface area contributed by atoms with Gasteiger partial charge in [-0.3, -0.25) is 9.59 Å². The molecule has 0 amide bonds. The van der Waals surface area contributed by atoms with Crippen LogP contribution in [0.4, 0.5) is 0 Å². The Kier molecular flexibility index (Phi) is 9.18. The molecular formula is C35H34N2O4S. The molecule has 0 bridgehead atoms. The monoisotopic (exact) mass is 578 g/mol. The quantitative estimate of drug-likeness (QED) is 0.105. The van der Waals surface area contributed by atoms with Crippen molar-refractivity contribution in [3.8, 4) is 0 Å². The van der Waals surface area contributed by atoms with Gasteiger partial charge in [-0.05, 0) is 75.6 Å². The van der Waals surface area contributed by atoms with E-state index in [9.17, 15) is 14.4 Å². The fraction of sp³-hybridized carbons (Fsp3) is 0.257. The molecule has 0 fully saturated rings. The van der Waals surface area contributed by atoms with Crippen molar-refractivity contribution < 1.29 is 19.2 Å². The lowest BCUT2D eigenvalue weighted by molar-refractivity contribution is -0.140. The number of benzene rings is 2. The molecule has 0 aliphatic heterocycles. The number of oxime groups is 1. The molecule has 0 spiro atoms.